The van der Waals surface area contributed by atoms with E-state index < -0.39 is 5.97 Å². The lowest BCUT2D eigenvalue weighted by molar-refractivity contribution is 0.0602. The van der Waals surface area contributed by atoms with Crippen LogP contribution in [0.25, 0.3) is 10.2 Å². The number of ether oxygens (including phenoxy) is 1. The van der Waals surface area contributed by atoms with Crippen molar-refractivity contribution < 1.29 is 9.53 Å². The Hall–Kier alpha value is -2.60. The molecule has 0 radical (unpaired) electrons. The lowest BCUT2D eigenvalue weighted by Crippen LogP contribution is -2.06. The molecule has 0 atom stereocenters. The van der Waals surface area contributed by atoms with E-state index in [1.165, 1.54) is 7.11 Å². The van der Waals surface area contributed by atoms with Crippen LogP contribution in [0.5, 0.6) is 0 Å². The topological polar surface area (TPSA) is 77.2 Å². The van der Waals surface area contributed by atoms with E-state index in [0.717, 1.165) is 15.9 Å². The number of nitrogen functional groups attached to an aromatic ring is 1. The molecule has 0 amide bonds. The molecule has 106 valence electrons. The number of rotatable bonds is 3. The maximum Gasteiger partial charge on any atom is 0.340 e. The molecule has 1 heterocycles. The summed E-state index contributed by atoms with van der Waals surface area (Å²) in [7, 11) is 1.35. The van der Waals surface area contributed by atoms with Gasteiger partial charge in [-0.25, -0.2) is 9.78 Å². The van der Waals surface area contributed by atoms with Crippen LogP contribution in [0.4, 0.5) is 17.1 Å². The van der Waals surface area contributed by atoms with Crippen LogP contribution in [-0.2, 0) is 4.74 Å². The third-order valence-electron chi connectivity index (χ3n) is 3.06. The third-order valence-corrected chi connectivity index (χ3v) is 3.85. The number of carbonyl (C=O) groups is 1. The number of fused-ring (bicyclic) bond motifs is 1. The molecule has 0 saturated heterocycles. The summed E-state index contributed by atoms with van der Waals surface area (Å²) in [4.78, 5) is 16.1. The molecule has 2 aromatic carbocycles. The summed E-state index contributed by atoms with van der Waals surface area (Å²) >= 11 is 1.57. The Morgan fingerprint density at radius 1 is 1.29 bits per heavy atom. The first-order valence-corrected chi connectivity index (χ1v) is 7.13. The Labute approximate surface area is 125 Å². The SMILES string of the molecule is COC(=O)c1cc(N)ccc1Nc1ccc2ncsc2c1. The van der Waals surface area contributed by atoms with Gasteiger partial charge in [0.2, 0.25) is 0 Å². The summed E-state index contributed by atoms with van der Waals surface area (Å²) < 4.78 is 5.86. The number of nitrogens with two attached hydrogens (primary N) is 1. The van der Waals surface area contributed by atoms with Gasteiger partial charge in [-0.05, 0) is 36.4 Å². The highest BCUT2D eigenvalue weighted by atomic mass is 32.1. The van der Waals surface area contributed by atoms with Gasteiger partial charge < -0.3 is 15.8 Å². The monoisotopic (exact) mass is 299 g/mol. The van der Waals surface area contributed by atoms with Crippen LogP contribution in [0.2, 0.25) is 0 Å². The maximum absolute atomic E-state index is 11.8. The quantitative estimate of drug-likeness (QED) is 0.572. The van der Waals surface area contributed by atoms with Crippen molar-refractivity contribution in [2.75, 3.05) is 18.2 Å². The smallest absolute Gasteiger partial charge is 0.340 e. The van der Waals surface area contributed by atoms with E-state index in [-0.39, 0.29) is 0 Å². The van der Waals surface area contributed by atoms with Crippen molar-refractivity contribution in [1.82, 2.24) is 4.98 Å². The fraction of sp³-hybridized carbons (Fsp3) is 0.0667. The average molecular weight is 299 g/mol. The molecule has 0 aliphatic rings. The number of hydrogen-bond donors (Lipinski definition) is 2. The zero-order valence-corrected chi connectivity index (χ0v) is 12.1. The number of esters is 1. The van der Waals surface area contributed by atoms with Crippen molar-refractivity contribution in [3.05, 3.63) is 47.5 Å². The van der Waals surface area contributed by atoms with Gasteiger partial charge in [0.15, 0.2) is 0 Å². The number of carbonyl (C=O) groups excluding carboxylic acids is 1. The van der Waals surface area contributed by atoms with Gasteiger partial charge in [-0.1, -0.05) is 0 Å². The van der Waals surface area contributed by atoms with Crippen molar-refractivity contribution in [3.8, 4) is 0 Å². The molecule has 0 fully saturated rings. The first kappa shape index (κ1) is 13.4. The Balaban J connectivity index is 1.98. The molecule has 6 heteroatoms. The normalized spacial score (nSPS) is 10.5. The molecule has 5 nitrogen and oxygen atoms in total. The molecule has 3 N–H and O–H groups in total. The van der Waals surface area contributed by atoms with Crippen molar-refractivity contribution in [1.29, 1.82) is 0 Å². The Kier molecular flexibility index (Phi) is 3.45. The number of methoxy groups -OCH3 is 1. The minimum atomic E-state index is -0.427. The van der Waals surface area contributed by atoms with Gasteiger partial charge in [-0.15, -0.1) is 11.3 Å². The number of benzene rings is 2. The van der Waals surface area contributed by atoms with Gasteiger partial charge in [-0.3, -0.25) is 0 Å². The molecular formula is C15H13N3O2S. The fourth-order valence-corrected chi connectivity index (χ4v) is 2.75. The molecule has 0 unspecified atom stereocenters. The van der Waals surface area contributed by atoms with Gasteiger partial charge >= 0.3 is 5.97 Å². The summed E-state index contributed by atoms with van der Waals surface area (Å²) in [5.74, 6) is -0.427. The number of anilines is 3. The van der Waals surface area contributed by atoms with Crippen molar-refractivity contribution in [2.45, 2.75) is 0 Å². The van der Waals surface area contributed by atoms with Crippen LogP contribution < -0.4 is 11.1 Å². The highest BCUT2D eigenvalue weighted by Gasteiger charge is 2.12. The molecule has 0 aliphatic heterocycles. The van der Waals surface area contributed by atoms with Crippen molar-refractivity contribution in [2.24, 2.45) is 0 Å². The van der Waals surface area contributed by atoms with Crippen LogP contribution in [0.1, 0.15) is 10.4 Å². The van der Waals surface area contributed by atoms with Crippen molar-refractivity contribution >= 4 is 44.6 Å². The van der Waals surface area contributed by atoms with Crippen molar-refractivity contribution in [3.63, 3.8) is 0 Å². The molecule has 0 saturated carbocycles. The summed E-state index contributed by atoms with van der Waals surface area (Å²) in [5.41, 5.74) is 10.9. The first-order chi connectivity index (χ1) is 10.2. The molecular weight excluding hydrogens is 286 g/mol. The van der Waals surface area contributed by atoms with Gasteiger partial charge in [0.05, 0.1) is 34.1 Å². The predicted octanol–water partition coefficient (Wildman–Crippen LogP) is 3.41. The van der Waals surface area contributed by atoms with Gasteiger partial charge in [0.25, 0.3) is 0 Å². The fourth-order valence-electron chi connectivity index (χ4n) is 2.04. The second-order valence-corrected chi connectivity index (χ2v) is 5.34. The third kappa shape index (κ3) is 2.66. The summed E-state index contributed by atoms with van der Waals surface area (Å²) in [6.07, 6.45) is 0. The molecule has 0 bridgehead atoms. The first-order valence-electron chi connectivity index (χ1n) is 6.25. The van der Waals surface area contributed by atoms with E-state index in [0.29, 0.717) is 16.9 Å². The van der Waals surface area contributed by atoms with E-state index in [1.807, 2.05) is 18.2 Å². The van der Waals surface area contributed by atoms with E-state index >= 15 is 0 Å². The molecule has 0 aliphatic carbocycles. The summed E-state index contributed by atoms with van der Waals surface area (Å²) in [6, 6.07) is 10.9. The second kappa shape index (κ2) is 5.41. The van der Waals surface area contributed by atoms with E-state index in [9.17, 15) is 4.79 Å². The van der Waals surface area contributed by atoms with Crippen LogP contribution in [0.3, 0.4) is 0 Å². The highest BCUT2D eigenvalue weighted by molar-refractivity contribution is 7.16. The zero-order chi connectivity index (χ0) is 14.8. The van der Waals surface area contributed by atoms with Gasteiger partial charge in [0.1, 0.15) is 0 Å². The molecule has 21 heavy (non-hydrogen) atoms. The van der Waals surface area contributed by atoms with Gasteiger partial charge in [-0.2, -0.15) is 0 Å². The standard InChI is InChI=1S/C15H13N3O2S/c1-20-15(19)11-6-9(16)2-4-12(11)18-10-3-5-13-14(7-10)21-8-17-13/h2-8,18H,16H2,1H3. The highest BCUT2D eigenvalue weighted by Crippen LogP contribution is 2.27. The number of hydrogen-bond acceptors (Lipinski definition) is 6. The lowest BCUT2D eigenvalue weighted by atomic mass is 10.1. The van der Waals surface area contributed by atoms with Crippen LogP contribution >= 0.6 is 11.3 Å². The Morgan fingerprint density at radius 2 is 2.14 bits per heavy atom. The summed E-state index contributed by atoms with van der Waals surface area (Å²) in [5, 5.41) is 3.22. The largest absolute Gasteiger partial charge is 0.465 e. The second-order valence-electron chi connectivity index (χ2n) is 4.46. The average Bonchev–Trinajstić information content (AvgIpc) is 2.96. The lowest BCUT2D eigenvalue weighted by Gasteiger charge is -2.11. The number of thiazole rings is 1. The van der Waals surface area contributed by atoms with Crippen LogP contribution in [-0.4, -0.2) is 18.1 Å². The number of nitrogens with zero attached hydrogens (tertiary/aromatic N) is 1. The Morgan fingerprint density at radius 3 is 2.95 bits per heavy atom. The van der Waals surface area contributed by atoms with E-state index in [4.69, 9.17) is 10.5 Å². The maximum atomic E-state index is 11.8. The van der Waals surface area contributed by atoms with E-state index in [1.54, 1.807) is 35.0 Å². The van der Waals surface area contributed by atoms with Gasteiger partial charge in [0, 0.05) is 11.4 Å². The summed E-state index contributed by atoms with van der Waals surface area (Å²) in [6.45, 7) is 0. The van der Waals surface area contributed by atoms with Crippen LogP contribution in [0.15, 0.2) is 41.9 Å². The minimum absolute atomic E-state index is 0.405. The zero-order valence-electron chi connectivity index (χ0n) is 11.3. The number of aromatic nitrogens is 1. The Bertz CT molecular complexity index is 814. The minimum Gasteiger partial charge on any atom is -0.465 e. The molecule has 1 aromatic heterocycles. The van der Waals surface area contributed by atoms with Crippen LogP contribution in [0, 0.1) is 0 Å². The molecule has 0 spiro atoms. The molecule has 3 aromatic rings. The predicted molar refractivity (Wildman–Crippen MR) is 85.1 cm³/mol. The number of nitrogens with one attached hydrogen (secondary N) is 1. The molecule has 3 rings (SSSR count). The van der Waals surface area contributed by atoms with E-state index in [2.05, 4.69) is 10.3 Å².